The number of ether oxygens (including phenoxy) is 2. The summed E-state index contributed by atoms with van der Waals surface area (Å²) in [6.07, 6.45) is 0.515. The van der Waals surface area contributed by atoms with Crippen LogP contribution in [0.5, 0.6) is 0 Å². The van der Waals surface area contributed by atoms with E-state index in [4.69, 9.17) is 9.47 Å². The van der Waals surface area contributed by atoms with Crippen molar-refractivity contribution < 1.29 is 19.4 Å². The first-order valence-corrected chi connectivity index (χ1v) is 8.69. The van der Waals surface area contributed by atoms with E-state index in [2.05, 4.69) is 0 Å². The summed E-state index contributed by atoms with van der Waals surface area (Å²) in [5.74, 6) is 0.223. The van der Waals surface area contributed by atoms with Crippen LogP contribution < -0.4 is 0 Å². The van der Waals surface area contributed by atoms with Crippen LogP contribution in [0.25, 0.3) is 0 Å². The first-order valence-electron chi connectivity index (χ1n) is 7.30. The number of benzene rings is 2. The number of aliphatic hydroxyl groups is 1. The van der Waals surface area contributed by atoms with Gasteiger partial charge < -0.3 is 14.6 Å². The zero-order chi connectivity index (χ0) is 16.5. The summed E-state index contributed by atoms with van der Waals surface area (Å²) in [7, 11) is 0. The lowest BCUT2D eigenvalue weighted by Crippen LogP contribution is -2.26. The summed E-state index contributed by atoms with van der Waals surface area (Å²) in [4.78, 5) is 12.0. The molecule has 0 amide bonds. The summed E-state index contributed by atoms with van der Waals surface area (Å²) >= 11 is 1.57. The van der Waals surface area contributed by atoms with Gasteiger partial charge in [-0.15, -0.1) is 0 Å². The molecule has 0 bridgehead atoms. The van der Waals surface area contributed by atoms with Crippen LogP contribution in [0.4, 0.5) is 0 Å². The van der Waals surface area contributed by atoms with Gasteiger partial charge in [0.1, 0.15) is 12.7 Å². The van der Waals surface area contributed by atoms with Gasteiger partial charge in [-0.3, -0.25) is 0 Å². The smallest absolute Gasteiger partial charge is 0.338 e. The molecule has 4 nitrogen and oxygen atoms in total. The minimum atomic E-state index is -1.04. The normalized spacial score (nSPS) is 13.3. The van der Waals surface area contributed by atoms with E-state index in [-0.39, 0.29) is 12.7 Å². The van der Waals surface area contributed by atoms with Crippen LogP contribution in [0.2, 0.25) is 0 Å². The average molecular weight is 332 g/mol. The van der Waals surface area contributed by atoms with Gasteiger partial charge >= 0.3 is 5.97 Å². The standard InChI is InChI=1S/C18H20O4S/c1-23-13-16(22-18(20)15-10-6-3-7-11-15)12-21-17(19)14-8-4-2-5-9-14/h2-11,16,18,20H,12-13H2,1H3. The number of carbonyl (C=O) groups excluding carboxylic acids is 1. The Morgan fingerprint density at radius 2 is 1.70 bits per heavy atom. The van der Waals surface area contributed by atoms with Crippen LogP contribution in [-0.2, 0) is 9.47 Å². The summed E-state index contributed by atoms with van der Waals surface area (Å²) in [5, 5.41) is 10.1. The highest BCUT2D eigenvalue weighted by Crippen LogP contribution is 2.18. The maximum absolute atomic E-state index is 12.0. The van der Waals surface area contributed by atoms with E-state index in [0.717, 1.165) is 0 Å². The fraction of sp³-hybridized carbons (Fsp3) is 0.278. The fourth-order valence-corrected chi connectivity index (χ4v) is 2.56. The van der Waals surface area contributed by atoms with Crippen molar-refractivity contribution in [2.75, 3.05) is 18.6 Å². The number of esters is 1. The van der Waals surface area contributed by atoms with E-state index < -0.39 is 12.3 Å². The number of thioether (sulfide) groups is 1. The van der Waals surface area contributed by atoms with Crippen molar-refractivity contribution in [1.29, 1.82) is 0 Å². The second-order valence-corrected chi connectivity index (χ2v) is 5.85. The Morgan fingerprint density at radius 3 is 2.30 bits per heavy atom. The van der Waals surface area contributed by atoms with E-state index in [1.807, 2.05) is 30.5 Å². The Balaban J connectivity index is 1.90. The Kier molecular flexibility index (Phi) is 7.13. The molecule has 2 aromatic rings. The van der Waals surface area contributed by atoms with Crippen LogP contribution >= 0.6 is 11.8 Å². The number of rotatable bonds is 8. The Hall–Kier alpha value is -1.82. The molecule has 0 aliphatic carbocycles. The third-order valence-corrected chi connectivity index (χ3v) is 3.87. The number of aliphatic hydroxyl groups excluding tert-OH is 1. The zero-order valence-electron chi connectivity index (χ0n) is 12.9. The molecule has 2 unspecified atom stereocenters. The number of hydrogen-bond acceptors (Lipinski definition) is 5. The predicted molar refractivity (Wildman–Crippen MR) is 91.4 cm³/mol. The van der Waals surface area contributed by atoms with E-state index >= 15 is 0 Å². The molecular weight excluding hydrogens is 312 g/mol. The average Bonchev–Trinajstić information content (AvgIpc) is 2.61. The first-order chi connectivity index (χ1) is 11.2. The van der Waals surface area contributed by atoms with Crippen molar-refractivity contribution in [2.24, 2.45) is 0 Å². The molecule has 0 saturated heterocycles. The molecule has 0 radical (unpaired) electrons. The third kappa shape index (κ3) is 5.71. The van der Waals surface area contributed by atoms with Crippen molar-refractivity contribution in [3.05, 3.63) is 71.8 Å². The SMILES string of the molecule is CSCC(COC(=O)c1ccccc1)OC(O)c1ccccc1. The van der Waals surface area contributed by atoms with E-state index in [1.54, 1.807) is 48.2 Å². The minimum absolute atomic E-state index is 0.0957. The van der Waals surface area contributed by atoms with Gasteiger partial charge in [-0.05, 0) is 18.4 Å². The second kappa shape index (κ2) is 9.35. The second-order valence-electron chi connectivity index (χ2n) is 4.94. The van der Waals surface area contributed by atoms with Gasteiger partial charge in [0.25, 0.3) is 0 Å². The molecule has 0 aromatic heterocycles. The highest BCUT2D eigenvalue weighted by molar-refractivity contribution is 7.98. The van der Waals surface area contributed by atoms with E-state index in [1.165, 1.54) is 0 Å². The first kappa shape index (κ1) is 17.5. The Labute approximate surface area is 140 Å². The maximum Gasteiger partial charge on any atom is 0.338 e. The maximum atomic E-state index is 12.0. The highest BCUT2D eigenvalue weighted by atomic mass is 32.2. The Bertz CT molecular complexity index is 588. The van der Waals surface area contributed by atoms with Crippen molar-refractivity contribution in [1.82, 2.24) is 0 Å². The largest absolute Gasteiger partial charge is 0.459 e. The molecule has 0 fully saturated rings. The van der Waals surface area contributed by atoms with Gasteiger partial charge in [-0.2, -0.15) is 11.8 Å². The van der Waals surface area contributed by atoms with Crippen molar-refractivity contribution in [2.45, 2.75) is 12.4 Å². The highest BCUT2D eigenvalue weighted by Gasteiger charge is 2.18. The van der Waals surface area contributed by atoms with Crippen LogP contribution in [0, 0.1) is 0 Å². The van der Waals surface area contributed by atoms with Crippen molar-refractivity contribution in [3.63, 3.8) is 0 Å². The molecule has 2 aromatic carbocycles. The van der Waals surface area contributed by atoms with Gasteiger partial charge in [0, 0.05) is 11.3 Å². The van der Waals surface area contributed by atoms with Crippen LogP contribution in [-0.4, -0.2) is 35.8 Å². The molecule has 0 aliphatic rings. The molecule has 1 N–H and O–H groups in total. The summed E-state index contributed by atoms with van der Waals surface area (Å²) in [6, 6.07) is 17.9. The molecule has 0 heterocycles. The van der Waals surface area contributed by atoms with Crippen LogP contribution in [0.3, 0.4) is 0 Å². The number of hydrogen-bond donors (Lipinski definition) is 1. The topological polar surface area (TPSA) is 55.8 Å². The molecule has 0 spiro atoms. The molecule has 2 rings (SSSR count). The van der Waals surface area contributed by atoms with Gasteiger partial charge in [-0.25, -0.2) is 4.79 Å². The molecular formula is C18H20O4S. The van der Waals surface area contributed by atoms with E-state index in [0.29, 0.717) is 16.9 Å². The molecule has 0 aliphatic heterocycles. The Morgan fingerprint density at radius 1 is 1.09 bits per heavy atom. The molecule has 23 heavy (non-hydrogen) atoms. The molecule has 5 heteroatoms. The van der Waals surface area contributed by atoms with Crippen LogP contribution in [0.15, 0.2) is 60.7 Å². The quantitative estimate of drug-likeness (QED) is 0.594. The molecule has 2 atom stereocenters. The summed E-state index contributed by atoms with van der Waals surface area (Å²) in [6.45, 7) is 0.0957. The summed E-state index contributed by atoms with van der Waals surface area (Å²) in [5.41, 5.74) is 1.17. The monoisotopic (exact) mass is 332 g/mol. The van der Waals surface area contributed by atoms with Crippen LogP contribution in [0.1, 0.15) is 22.2 Å². The number of carbonyl (C=O) groups is 1. The lowest BCUT2D eigenvalue weighted by molar-refractivity contribution is -0.144. The predicted octanol–water partition coefficient (Wildman–Crippen LogP) is 3.28. The van der Waals surface area contributed by atoms with Crippen molar-refractivity contribution >= 4 is 17.7 Å². The van der Waals surface area contributed by atoms with E-state index in [9.17, 15) is 9.90 Å². The van der Waals surface area contributed by atoms with Gasteiger partial charge in [0.05, 0.1) is 5.56 Å². The lowest BCUT2D eigenvalue weighted by atomic mass is 10.2. The summed E-state index contributed by atoms with van der Waals surface area (Å²) < 4.78 is 10.9. The molecule has 0 saturated carbocycles. The van der Waals surface area contributed by atoms with Gasteiger partial charge in [0.15, 0.2) is 6.29 Å². The minimum Gasteiger partial charge on any atom is -0.459 e. The lowest BCUT2D eigenvalue weighted by Gasteiger charge is -2.21. The molecule has 122 valence electrons. The van der Waals surface area contributed by atoms with Gasteiger partial charge in [0.2, 0.25) is 0 Å². The third-order valence-electron chi connectivity index (χ3n) is 3.17. The zero-order valence-corrected chi connectivity index (χ0v) is 13.7. The van der Waals surface area contributed by atoms with Crippen molar-refractivity contribution in [3.8, 4) is 0 Å². The van der Waals surface area contributed by atoms with Gasteiger partial charge in [-0.1, -0.05) is 48.5 Å². The fourth-order valence-electron chi connectivity index (χ4n) is 2.02.